The van der Waals surface area contributed by atoms with Gasteiger partial charge in [-0.25, -0.2) is 13.4 Å². The highest BCUT2D eigenvalue weighted by atomic mass is 32.2. The summed E-state index contributed by atoms with van der Waals surface area (Å²) in [5, 5.41) is 0.933. The van der Waals surface area contributed by atoms with Crippen molar-refractivity contribution in [3.05, 3.63) is 72.6 Å². The number of rotatable bonds is 10. The van der Waals surface area contributed by atoms with Gasteiger partial charge in [-0.2, -0.15) is 0 Å². The van der Waals surface area contributed by atoms with Gasteiger partial charge in [-0.15, -0.1) is 0 Å². The van der Waals surface area contributed by atoms with E-state index in [1.54, 1.807) is 60.7 Å². The predicted molar refractivity (Wildman–Crippen MR) is 160 cm³/mol. The number of likely N-dealkylation sites (N-methyl/N-ethyl adjacent to an activating group) is 1. The van der Waals surface area contributed by atoms with Gasteiger partial charge in [-0.3, -0.25) is 14.5 Å². The standard InChI is InChI=1S/C31H33N5O4S/c1-35(2)15-7-8-16-40-29-26(34-41(38,39)23-9-5-4-6-10-23)18-22(19-33-29)21-11-12-25-24(17-21)28-27(20-32-25)36(3)30(37)31(28)13-14-31/h4-6,9-12,17-20,34H,7-8,13-16H2,1-3H3. The minimum absolute atomic E-state index is 0.124. The lowest BCUT2D eigenvalue weighted by Crippen LogP contribution is -2.28. The van der Waals surface area contributed by atoms with Crippen LogP contribution in [-0.4, -0.2) is 63.5 Å². The maximum Gasteiger partial charge on any atom is 0.262 e. The number of fused-ring (bicyclic) bond motifs is 4. The summed E-state index contributed by atoms with van der Waals surface area (Å²) in [6.07, 6.45) is 6.90. The average Bonchev–Trinajstić information content (AvgIpc) is 3.74. The Morgan fingerprint density at radius 1 is 1.00 bits per heavy atom. The van der Waals surface area contributed by atoms with Crippen molar-refractivity contribution in [2.24, 2.45) is 0 Å². The highest BCUT2D eigenvalue weighted by molar-refractivity contribution is 7.92. The van der Waals surface area contributed by atoms with Crippen molar-refractivity contribution in [2.45, 2.75) is 36.0 Å². The van der Waals surface area contributed by atoms with Gasteiger partial charge in [-0.05, 0) is 82.2 Å². The normalized spacial score (nSPS) is 15.5. The van der Waals surface area contributed by atoms with Crippen molar-refractivity contribution in [1.82, 2.24) is 14.9 Å². The zero-order chi connectivity index (χ0) is 28.8. The van der Waals surface area contributed by atoms with E-state index in [2.05, 4.69) is 19.6 Å². The van der Waals surface area contributed by atoms with Crippen molar-refractivity contribution in [3.63, 3.8) is 0 Å². The van der Waals surface area contributed by atoms with Crippen LogP contribution in [-0.2, 0) is 20.2 Å². The van der Waals surface area contributed by atoms with Crippen LogP contribution >= 0.6 is 0 Å². The van der Waals surface area contributed by atoms with E-state index in [0.29, 0.717) is 6.61 Å². The van der Waals surface area contributed by atoms with E-state index >= 15 is 0 Å². The van der Waals surface area contributed by atoms with Gasteiger partial charge in [0.25, 0.3) is 10.0 Å². The number of carbonyl (C=O) groups excluding carboxylic acids is 1. The van der Waals surface area contributed by atoms with Crippen LogP contribution in [0.4, 0.5) is 11.4 Å². The molecule has 1 spiro atoms. The maximum absolute atomic E-state index is 13.3. The first-order valence-corrected chi connectivity index (χ1v) is 15.3. The molecule has 9 nitrogen and oxygen atoms in total. The second-order valence-electron chi connectivity index (χ2n) is 11.1. The Hall–Kier alpha value is -4.02. The fourth-order valence-corrected chi connectivity index (χ4v) is 6.61. The number of nitrogens with one attached hydrogen (secondary N) is 1. The highest BCUT2D eigenvalue weighted by Crippen LogP contribution is 2.58. The Morgan fingerprint density at radius 2 is 1.78 bits per heavy atom. The summed E-state index contributed by atoms with van der Waals surface area (Å²) in [7, 11) is 1.98. The molecule has 2 aliphatic rings. The summed E-state index contributed by atoms with van der Waals surface area (Å²) in [5.41, 5.74) is 4.08. The van der Waals surface area contributed by atoms with E-state index in [4.69, 9.17) is 4.74 Å². The molecule has 1 N–H and O–H groups in total. The molecule has 212 valence electrons. The van der Waals surface area contributed by atoms with E-state index in [9.17, 15) is 13.2 Å². The molecule has 0 saturated heterocycles. The number of ether oxygens (including phenoxy) is 1. The van der Waals surface area contributed by atoms with Crippen LogP contribution in [0.25, 0.3) is 22.0 Å². The molecule has 4 aromatic rings. The molecule has 3 heterocycles. The molecule has 1 saturated carbocycles. The van der Waals surface area contributed by atoms with Gasteiger partial charge in [0, 0.05) is 29.8 Å². The first-order chi connectivity index (χ1) is 19.7. The van der Waals surface area contributed by atoms with E-state index in [1.165, 1.54) is 0 Å². The van der Waals surface area contributed by atoms with Gasteiger partial charge < -0.3 is 14.5 Å². The molecule has 0 atom stereocenters. The molecule has 10 heteroatoms. The Labute approximate surface area is 240 Å². The lowest BCUT2D eigenvalue weighted by atomic mass is 9.92. The smallest absolute Gasteiger partial charge is 0.262 e. The van der Waals surface area contributed by atoms with Crippen molar-refractivity contribution < 1.29 is 17.9 Å². The highest BCUT2D eigenvalue weighted by Gasteiger charge is 2.59. The van der Waals surface area contributed by atoms with E-state index in [-0.39, 0.29) is 22.4 Å². The number of nitrogens with zero attached hydrogens (tertiary/aromatic N) is 4. The third kappa shape index (κ3) is 5.02. The largest absolute Gasteiger partial charge is 0.476 e. The summed E-state index contributed by atoms with van der Waals surface area (Å²) in [5.74, 6) is 0.351. The van der Waals surface area contributed by atoms with Gasteiger partial charge in [-0.1, -0.05) is 24.3 Å². The van der Waals surface area contributed by atoms with Gasteiger partial charge in [0.2, 0.25) is 11.8 Å². The number of carbonyl (C=O) groups is 1. The van der Waals surface area contributed by atoms with Crippen LogP contribution in [0, 0.1) is 0 Å². The number of aromatic nitrogens is 2. The first-order valence-electron chi connectivity index (χ1n) is 13.8. The SMILES string of the molecule is CN(C)CCCCOc1ncc(-c2ccc3ncc4c(c3c2)C2(CC2)C(=O)N4C)cc1NS(=O)(=O)c1ccccc1. The summed E-state index contributed by atoms with van der Waals surface area (Å²) >= 11 is 0. The summed E-state index contributed by atoms with van der Waals surface area (Å²) in [6, 6.07) is 15.9. The summed E-state index contributed by atoms with van der Waals surface area (Å²) in [6.45, 7) is 1.35. The van der Waals surface area contributed by atoms with Crippen molar-refractivity contribution in [1.29, 1.82) is 0 Å². The fourth-order valence-electron chi connectivity index (χ4n) is 5.55. The minimum Gasteiger partial charge on any atom is -0.476 e. The molecule has 2 aromatic carbocycles. The number of hydrogen-bond acceptors (Lipinski definition) is 7. The Bertz CT molecular complexity index is 1740. The number of amides is 1. The van der Waals surface area contributed by atoms with E-state index in [0.717, 1.165) is 65.5 Å². The van der Waals surface area contributed by atoms with Crippen LogP contribution in [0.5, 0.6) is 5.88 Å². The first kappa shape index (κ1) is 27.2. The number of anilines is 2. The third-order valence-corrected chi connectivity index (χ3v) is 9.25. The van der Waals surface area contributed by atoms with Gasteiger partial charge in [0.15, 0.2) is 0 Å². The zero-order valence-electron chi connectivity index (χ0n) is 23.4. The molecule has 1 fully saturated rings. The second kappa shape index (κ2) is 10.4. The van der Waals surface area contributed by atoms with Gasteiger partial charge >= 0.3 is 0 Å². The van der Waals surface area contributed by atoms with Crippen LogP contribution in [0.2, 0.25) is 0 Å². The Morgan fingerprint density at radius 3 is 2.51 bits per heavy atom. The molecular weight excluding hydrogens is 538 g/mol. The van der Waals surface area contributed by atoms with Crippen molar-refractivity contribution in [2.75, 3.05) is 43.9 Å². The monoisotopic (exact) mass is 571 g/mol. The molecule has 1 amide bonds. The molecule has 2 aromatic heterocycles. The number of hydrogen-bond donors (Lipinski definition) is 1. The maximum atomic E-state index is 13.3. The average molecular weight is 572 g/mol. The number of benzene rings is 2. The molecule has 0 bridgehead atoms. The zero-order valence-corrected chi connectivity index (χ0v) is 24.2. The molecular formula is C31H33N5O4S. The molecule has 1 aliphatic heterocycles. The van der Waals surface area contributed by atoms with E-state index < -0.39 is 15.4 Å². The summed E-state index contributed by atoms with van der Waals surface area (Å²) < 4.78 is 35.2. The third-order valence-electron chi connectivity index (χ3n) is 7.87. The van der Waals surface area contributed by atoms with Crippen LogP contribution < -0.4 is 14.4 Å². The van der Waals surface area contributed by atoms with E-state index in [1.807, 2.05) is 32.3 Å². The molecule has 41 heavy (non-hydrogen) atoms. The molecule has 1 aliphatic carbocycles. The van der Waals surface area contributed by atoms with Gasteiger partial charge in [0.1, 0.15) is 5.69 Å². The topological polar surface area (TPSA) is 105 Å². The Balaban J connectivity index is 1.37. The fraction of sp³-hybridized carbons (Fsp3) is 0.323. The number of unbranched alkanes of at least 4 members (excludes halogenated alkanes) is 1. The Kier molecular flexibility index (Phi) is 6.91. The van der Waals surface area contributed by atoms with Crippen LogP contribution in [0.1, 0.15) is 31.2 Å². The number of pyridine rings is 2. The van der Waals surface area contributed by atoms with Gasteiger partial charge in [0.05, 0.1) is 34.3 Å². The van der Waals surface area contributed by atoms with Crippen LogP contribution in [0.15, 0.2) is 71.9 Å². The summed E-state index contributed by atoms with van der Waals surface area (Å²) in [4.78, 5) is 26.2. The van der Waals surface area contributed by atoms with Crippen molar-refractivity contribution >= 4 is 38.2 Å². The molecule has 0 unspecified atom stereocenters. The minimum atomic E-state index is -3.87. The second-order valence-corrected chi connectivity index (χ2v) is 12.7. The predicted octanol–water partition coefficient (Wildman–Crippen LogP) is 4.83. The lowest BCUT2D eigenvalue weighted by molar-refractivity contribution is -0.119. The quantitative estimate of drug-likeness (QED) is 0.272. The lowest BCUT2D eigenvalue weighted by Gasteiger charge is -2.15. The molecule has 0 radical (unpaired) electrons. The van der Waals surface area contributed by atoms with Crippen molar-refractivity contribution in [3.8, 4) is 17.0 Å². The molecule has 6 rings (SSSR count). The van der Waals surface area contributed by atoms with Crippen LogP contribution in [0.3, 0.4) is 0 Å². The number of sulfonamides is 1.